The summed E-state index contributed by atoms with van der Waals surface area (Å²) < 4.78 is 1.97. The SMILES string of the molecule is Cc1cc(C#N)ccc1Cn1cc(C=O)c2cccnc21. The molecule has 0 amide bonds. The zero-order chi connectivity index (χ0) is 14.8. The quantitative estimate of drug-likeness (QED) is 0.690. The van der Waals surface area contributed by atoms with Crippen molar-refractivity contribution >= 4 is 17.3 Å². The van der Waals surface area contributed by atoms with Crippen LogP contribution < -0.4 is 0 Å². The number of aromatic nitrogens is 2. The molecule has 0 fully saturated rings. The van der Waals surface area contributed by atoms with E-state index >= 15 is 0 Å². The van der Waals surface area contributed by atoms with E-state index in [1.54, 1.807) is 6.20 Å². The lowest BCUT2D eigenvalue weighted by Gasteiger charge is -2.08. The van der Waals surface area contributed by atoms with E-state index in [4.69, 9.17) is 5.26 Å². The topological polar surface area (TPSA) is 58.7 Å². The minimum Gasteiger partial charge on any atom is -0.327 e. The van der Waals surface area contributed by atoms with Gasteiger partial charge in [0.2, 0.25) is 0 Å². The molecule has 3 aromatic rings. The third-order valence-corrected chi connectivity index (χ3v) is 3.60. The van der Waals surface area contributed by atoms with Crippen molar-refractivity contribution in [1.82, 2.24) is 9.55 Å². The van der Waals surface area contributed by atoms with Crippen molar-refractivity contribution in [3.8, 4) is 6.07 Å². The summed E-state index contributed by atoms with van der Waals surface area (Å²) in [5.74, 6) is 0. The van der Waals surface area contributed by atoms with Gasteiger partial charge in [-0.25, -0.2) is 4.98 Å². The number of nitriles is 1. The van der Waals surface area contributed by atoms with E-state index in [1.807, 2.05) is 48.0 Å². The van der Waals surface area contributed by atoms with Crippen LogP contribution in [-0.4, -0.2) is 15.8 Å². The Morgan fingerprint density at radius 2 is 2.24 bits per heavy atom. The molecule has 0 saturated heterocycles. The Balaban J connectivity index is 2.06. The second kappa shape index (κ2) is 5.22. The molecule has 0 atom stereocenters. The summed E-state index contributed by atoms with van der Waals surface area (Å²) >= 11 is 0. The van der Waals surface area contributed by atoms with E-state index in [0.717, 1.165) is 28.4 Å². The molecule has 1 aromatic carbocycles. The average molecular weight is 275 g/mol. The highest BCUT2D eigenvalue weighted by Crippen LogP contribution is 2.20. The average Bonchev–Trinajstić information content (AvgIpc) is 2.87. The Morgan fingerprint density at radius 3 is 2.95 bits per heavy atom. The van der Waals surface area contributed by atoms with Gasteiger partial charge in [-0.2, -0.15) is 5.26 Å². The van der Waals surface area contributed by atoms with Crippen LogP contribution in [-0.2, 0) is 6.54 Å². The number of aldehydes is 1. The van der Waals surface area contributed by atoms with E-state index in [9.17, 15) is 4.79 Å². The van der Waals surface area contributed by atoms with E-state index in [0.29, 0.717) is 17.7 Å². The van der Waals surface area contributed by atoms with Gasteiger partial charge in [0.25, 0.3) is 0 Å². The number of rotatable bonds is 3. The second-order valence-electron chi connectivity index (χ2n) is 4.96. The van der Waals surface area contributed by atoms with Crippen molar-refractivity contribution in [2.24, 2.45) is 0 Å². The summed E-state index contributed by atoms with van der Waals surface area (Å²) in [6.45, 7) is 2.61. The fourth-order valence-electron chi connectivity index (χ4n) is 2.49. The summed E-state index contributed by atoms with van der Waals surface area (Å²) in [5.41, 5.74) is 4.25. The normalized spacial score (nSPS) is 10.5. The molecule has 0 saturated carbocycles. The highest BCUT2D eigenvalue weighted by Gasteiger charge is 2.10. The maximum absolute atomic E-state index is 11.2. The largest absolute Gasteiger partial charge is 0.327 e. The van der Waals surface area contributed by atoms with Crippen LogP contribution in [0.3, 0.4) is 0 Å². The molecule has 0 aliphatic carbocycles. The third kappa shape index (κ3) is 2.30. The maximum atomic E-state index is 11.2. The van der Waals surface area contributed by atoms with Crippen molar-refractivity contribution in [3.05, 3.63) is 65.0 Å². The molecule has 21 heavy (non-hydrogen) atoms. The van der Waals surface area contributed by atoms with Crippen LogP contribution in [0.4, 0.5) is 0 Å². The first-order valence-corrected chi connectivity index (χ1v) is 6.61. The molecular formula is C17H13N3O. The van der Waals surface area contributed by atoms with Crippen molar-refractivity contribution in [1.29, 1.82) is 5.26 Å². The maximum Gasteiger partial charge on any atom is 0.152 e. The highest BCUT2D eigenvalue weighted by atomic mass is 16.1. The smallest absolute Gasteiger partial charge is 0.152 e. The summed E-state index contributed by atoms with van der Waals surface area (Å²) in [5, 5.41) is 9.78. The van der Waals surface area contributed by atoms with Crippen molar-refractivity contribution < 1.29 is 4.79 Å². The molecule has 0 unspecified atom stereocenters. The van der Waals surface area contributed by atoms with Gasteiger partial charge >= 0.3 is 0 Å². The van der Waals surface area contributed by atoms with E-state index in [-0.39, 0.29) is 0 Å². The molecule has 102 valence electrons. The number of carbonyl (C=O) groups excluding carboxylic acids is 1. The lowest BCUT2D eigenvalue weighted by Crippen LogP contribution is -2.01. The first-order valence-electron chi connectivity index (χ1n) is 6.61. The first kappa shape index (κ1) is 13.1. The fourth-order valence-corrected chi connectivity index (χ4v) is 2.49. The Morgan fingerprint density at radius 1 is 1.38 bits per heavy atom. The van der Waals surface area contributed by atoms with Gasteiger partial charge in [0.05, 0.1) is 11.6 Å². The van der Waals surface area contributed by atoms with E-state index in [2.05, 4.69) is 11.1 Å². The zero-order valence-electron chi connectivity index (χ0n) is 11.6. The van der Waals surface area contributed by atoms with Crippen molar-refractivity contribution in [2.45, 2.75) is 13.5 Å². The Kier molecular flexibility index (Phi) is 3.25. The van der Waals surface area contributed by atoms with Gasteiger partial charge in [-0.3, -0.25) is 4.79 Å². The van der Waals surface area contributed by atoms with Gasteiger partial charge in [-0.15, -0.1) is 0 Å². The van der Waals surface area contributed by atoms with Crippen LogP contribution in [0.25, 0.3) is 11.0 Å². The zero-order valence-corrected chi connectivity index (χ0v) is 11.6. The first-order chi connectivity index (χ1) is 10.2. The van der Waals surface area contributed by atoms with Crippen LogP contribution in [0.2, 0.25) is 0 Å². The van der Waals surface area contributed by atoms with Crippen LogP contribution >= 0.6 is 0 Å². The molecule has 0 aliphatic rings. The predicted molar refractivity (Wildman–Crippen MR) is 80.1 cm³/mol. The molecule has 4 nitrogen and oxygen atoms in total. The monoisotopic (exact) mass is 275 g/mol. The third-order valence-electron chi connectivity index (χ3n) is 3.60. The minimum atomic E-state index is 0.624. The second-order valence-corrected chi connectivity index (χ2v) is 4.96. The Hall–Kier alpha value is -2.93. The highest BCUT2D eigenvalue weighted by molar-refractivity contribution is 5.95. The molecule has 0 radical (unpaired) electrons. The van der Waals surface area contributed by atoms with Crippen LogP contribution in [0.15, 0.2) is 42.7 Å². The fraction of sp³-hybridized carbons (Fsp3) is 0.118. The molecule has 3 rings (SSSR count). The molecule has 2 aromatic heterocycles. The van der Waals surface area contributed by atoms with E-state index in [1.165, 1.54) is 0 Å². The standard InChI is InChI=1S/C17H13N3O/c1-12-7-13(8-18)4-5-14(12)9-20-10-15(11-21)16-3-2-6-19-17(16)20/h2-7,10-11H,9H2,1H3. The van der Waals surface area contributed by atoms with Gasteiger partial charge in [-0.1, -0.05) is 6.07 Å². The molecule has 0 bridgehead atoms. The summed E-state index contributed by atoms with van der Waals surface area (Å²) in [6.07, 6.45) is 4.40. The van der Waals surface area contributed by atoms with Crippen molar-refractivity contribution in [3.63, 3.8) is 0 Å². The number of pyridine rings is 1. The molecule has 0 aliphatic heterocycles. The van der Waals surface area contributed by atoms with Crippen LogP contribution in [0, 0.1) is 18.3 Å². The number of carbonyl (C=O) groups is 1. The van der Waals surface area contributed by atoms with Gasteiger partial charge < -0.3 is 4.57 Å². The predicted octanol–water partition coefficient (Wildman–Crippen LogP) is 3.08. The lowest BCUT2D eigenvalue weighted by molar-refractivity contribution is 0.112. The number of hydrogen-bond donors (Lipinski definition) is 0. The van der Waals surface area contributed by atoms with E-state index < -0.39 is 0 Å². The molecule has 2 heterocycles. The van der Waals surface area contributed by atoms with Gasteiger partial charge in [0.1, 0.15) is 5.65 Å². The summed E-state index contributed by atoms with van der Waals surface area (Å²) in [7, 11) is 0. The number of fused-ring (bicyclic) bond motifs is 1. The lowest BCUT2D eigenvalue weighted by atomic mass is 10.1. The molecule has 0 N–H and O–H groups in total. The van der Waals surface area contributed by atoms with Crippen LogP contribution in [0.1, 0.15) is 27.0 Å². The Labute approximate surface area is 122 Å². The summed E-state index contributed by atoms with van der Waals surface area (Å²) in [4.78, 5) is 15.5. The Bertz CT molecular complexity index is 871. The summed E-state index contributed by atoms with van der Waals surface area (Å²) in [6, 6.07) is 11.5. The van der Waals surface area contributed by atoms with Gasteiger partial charge in [0.15, 0.2) is 6.29 Å². The number of nitrogens with zero attached hydrogens (tertiary/aromatic N) is 3. The number of hydrogen-bond acceptors (Lipinski definition) is 3. The van der Waals surface area contributed by atoms with Crippen molar-refractivity contribution in [2.75, 3.05) is 0 Å². The number of benzene rings is 1. The molecular weight excluding hydrogens is 262 g/mol. The minimum absolute atomic E-state index is 0.624. The van der Waals surface area contributed by atoms with Crippen LogP contribution in [0.5, 0.6) is 0 Å². The molecule has 0 spiro atoms. The molecule has 4 heteroatoms. The van der Waals surface area contributed by atoms with Gasteiger partial charge in [0, 0.05) is 29.9 Å². The number of aryl methyl sites for hydroxylation is 1. The van der Waals surface area contributed by atoms with Gasteiger partial charge in [-0.05, 0) is 42.3 Å².